The highest BCUT2D eigenvalue weighted by Crippen LogP contribution is 2.30. The van der Waals surface area contributed by atoms with Crippen molar-refractivity contribution in [2.24, 2.45) is 5.92 Å². The zero-order valence-electron chi connectivity index (χ0n) is 19.3. The van der Waals surface area contributed by atoms with E-state index in [0.29, 0.717) is 17.7 Å². The second kappa shape index (κ2) is 9.85. The Morgan fingerprint density at radius 2 is 1.72 bits per heavy atom. The number of rotatable bonds is 9. The van der Waals surface area contributed by atoms with Crippen LogP contribution in [0.3, 0.4) is 0 Å². The first kappa shape index (κ1) is 21.9. The van der Waals surface area contributed by atoms with Gasteiger partial charge in [-0.05, 0) is 40.7 Å². The van der Waals surface area contributed by atoms with Crippen LogP contribution >= 0.6 is 0 Å². The summed E-state index contributed by atoms with van der Waals surface area (Å²) in [5.74, 6) is 3.65. The van der Waals surface area contributed by atoms with E-state index in [1.54, 1.807) is 0 Å². The first-order valence-corrected chi connectivity index (χ1v) is 11.4. The second-order valence-electron chi connectivity index (χ2n) is 8.76. The zero-order chi connectivity index (χ0) is 22.5. The Balaban J connectivity index is 1.58. The van der Waals surface area contributed by atoms with Gasteiger partial charge in [0.05, 0.1) is 6.54 Å². The van der Waals surface area contributed by atoms with Gasteiger partial charge in [-0.3, -0.25) is 0 Å². The van der Waals surface area contributed by atoms with Crippen LogP contribution in [-0.2, 0) is 13.0 Å². The van der Waals surface area contributed by atoms with E-state index in [2.05, 4.69) is 83.3 Å². The van der Waals surface area contributed by atoms with Crippen LogP contribution in [0.1, 0.15) is 63.7 Å². The SMILES string of the molecule is CCC(C)c1nc(CCC(C)C)n(Cc2ccc(-c3ccccc3-c3nn[nH]n3)cc2)n1. The Labute approximate surface area is 189 Å². The van der Waals surface area contributed by atoms with Crippen molar-refractivity contribution in [1.82, 2.24) is 35.4 Å². The lowest BCUT2D eigenvalue weighted by Gasteiger charge is -2.10. The molecule has 2 aromatic heterocycles. The molecule has 0 amide bonds. The summed E-state index contributed by atoms with van der Waals surface area (Å²) in [5.41, 5.74) is 4.36. The molecule has 2 aromatic carbocycles. The molecular formula is C25H31N7. The molecule has 0 saturated heterocycles. The molecular weight excluding hydrogens is 398 g/mol. The summed E-state index contributed by atoms with van der Waals surface area (Å²) in [4.78, 5) is 4.88. The topological polar surface area (TPSA) is 85.2 Å². The summed E-state index contributed by atoms with van der Waals surface area (Å²) < 4.78 is 2.09. The van der Waals surface area contributed by atoms with Gasteiger partial charge in [-0.1, -0.05) is 76.2 Å². The number of nitrogens with one attached hydrogen (secondary N) is 1. The number of hydrogen-bond acceptors (Lipinski definition) is 5. The Hall–Kier alpha value is -3.35. The summed E-state index contributed by atoms with van der Waals surface area (Å²) in [6.07, 6.45) is 3.11. The van der Waals surface area contributed by atoms with Crippen LogP contribution in [-0.4, -0.2) is 35.4 Å². The molecule has 0 aliphatic rings. The van der Waals surface area contributed by atoms with Crippen molar-refractivity contribution in [3.05, 3.63) is 65.7 Å². The Bertz CT molecular complexity index is 1130. The predicted octanol–water partition coefficient (Wildman–Crippen LogP) is 5.28. The minimum absolute atomic E-state index is 0.373. The lowest BCUT2D eigenvalue weighted by Crippen LogP contribution is -2.08. The maximum absolute atomic E-state index is 4.88. The molecule has 4 aromatic rings. The van der Waals surface area contributed by atoms with Crippen LogP contribution in [0, 0.1) is 5.92 Å². The first-order chi connectivity index (χ1) is 15.5. The summed E-state index contributed by atoms with van der Waals surface area (Å²) in [7, 11) is 0. The smallest absolute Gasteiger partial charge is 0.205 e. The molecule has 1 unspecified atom stereocenters. The average Bonchev–Trinajstić information content (AvgIpc) is 3.48. The normalized spacial score (nSPS) is 12.4. The van der Waals surface area contributed by atoms with Crippen LogP contribution in [0.15, 0.2) is 48.5 Å². The van der Waals surface area contributed by atoms with Gasteiger partial charge in [-0.25, -0.2) is 9.67 Å². The molecule has 2 heterocycles. The lowest BCUT2D eigenvalue weighted by atomic mass is 9.98. The minimum Gasteiger partial charge on any atom is -0.245 e. The predicted molar refractivity (Wildman–Crippen MR) is 126 cm³/mol. The van der Waals surface area contributed by atoms with Crippen LogP contribution in [0.5, 0.6) is 0 Å². The molecule has 0 radical (unpaired) electrons. The molecule has 4 rings (SSSR count). The summed E-state index contributed by atoms with van der Waals surface area (Å²) in [6.45, 7) is 9.61. The van der Waals surface area contributed by atoms with E-state index in [9.17, 15) is 0 Å². The molecule has 32 heavy (non-hydrogen) atoms. The van der Waals surface area contributed by atoms with Crippen LogP contribution in [0.2, 0.25) is 0 Å². The van der Waals surface area contributed by atoms with Crippen molar-refractivity contribution in [2.75, 3.05) is 0 Å². The third-order valence-corrected chi connectivity index (χ3v) is 5.87. The number of benzene rings is 2. The third-order valence-electron chi connectivity index (χ3n) is 5.87. The monoisotopic (exact) mass is 429 g/mol. The first-order valence-electron chi connectivity index (χ1n) is 11.4. The van der Waals surface area contributed by atoms with E-state index in [-0.39, 0.29) is 0 Å². The standard InChI is InChI=1S/C25H31N7/c1-5-18(4)24-26-23(15-10-17(2)3)32(29-24)16-19-11-13-20(14-12-19)21-8-6-7-9-22(21)25-27-30-31-28-25/h6-9,11-14,17-18H,5,10,15-16H2,1-4H3,(H,27,28,30,31). The lowest BCUT2D eigenvalue weighted by molar-refractivity contribution is 0.546. The number of aryl methyl sites for hydroxylation is 1. The van der Waals surface area contributed by atoms with Crippen molar-refractivity contribution in [1.29, 1.82) is 0 Å². The Morgan fingerprint density at radius 3 is 2.38 bits per heavy atom. The molecule has 0 fully saturated rings. The highest BCUT2D eigenvalue weighted by molar-refractivity contribution is 5.80. The van der Waals surface area contributed by atoms with Gasteiger partial charge < -0.3 is 0 Å². The van der Waals surface area contributed by atoms with Gasteiger partial charge >= 0.3 is 0 Å². The summed E-state index contributed by atoms with van der Waals surface area (Å²) >= 11 is 0. The molecule has 0 spiro atoms. The fourth-order valence-corrected chi connectivity index (χ4v) is 3.68. The van der Waals surface area contributed by atoms with Gasteiger partial charge in [-0.15, -0.1) is 10.2 Å². The van der Waals surface area contributed by atoms with Crippen molar-refractivity contribution >= 4 is 0 Å². The van der Waals surface area contributed by atoms with Gasteiger partial charge in [0.1, 0.15) is 5.82 Å². The van der Waals surface area contributed by atoms with Crippen molar-refractivity contribution in [3.63, 3.8) is 0 Å². The fraction of sp³-hybridized carbons (Fsp3) is 0.400. The molecule has 0 aliphatic carbocycles. The van der Waals surface area contributed by atoms with Crippen molar-refractivity contribution < 1.29 is 0 Å². The Kier molecular flexibility index (Phi) is 6.73. The number of aromatic amines is 1. The zero-order valence-corrected chi connectivity index (χ0v) is 19.3. The summed E-state index contributed by atoms with van der Waals surface area (Å²) in [5, 5.41) is 19.4. The van der Waals surface area contributed by atoms with E-state index in [4.69, 9.17) is 10.1 Å². The highest BCUT2D eigenvalue weighted by Gasteiger charge is 2.15. The van der Waals surface area contributed by atoms with E-state index >= 15 is 0 Å². The number of hydrogen-bond donors (Lipinski definition) is 1. The van der Waals surface area contributed by atoms with Gasteiger partial charge in [0.2, 0.25) is 5.82 Å². The second-order valence-corrected chi connectivity index (χ2v) is 8.76. The highest BCUT2D eigenvalue weighted by atomic mass is 15.5. The summed E-state index contributed by atoms with van der Waals surface area (Å²) in [6, 6.07) is 16.7. The minimum atomic E-state index is 0.373. The number of nitrogens with zero attached hydrogens (tertiary/aromatic N) is 6. The molecule has 1 atom stereocenters. The van der Waals surface area contributed by atoms with E-state index in [1.807, 2.05) is 18.2 Å². The van der Waals surface area contributed by atoms with Crippen LogP contribution < -0.4 is 0 Å². The Morgan fingerprint density at radius 1 is 0.969 bits per heavy atom. The molecule has 0 aliphatic heterocycles. The third kappa shape index (κ3) is 4.93. The van der Waals surface area contributed by atoms with Crippen LogP contribution in [0.4, 0.5) is 0 Å². The van der Waals surface area contributed by atoms with Crippen molar-refractivity contribution in [3.8, 4) is 22.5 Å². The van der Waals surface area contributed by atoms with Gasteiger partial charge in [-0.2, -0.15) is 10.3 Å². The number of aromatic nitrogens is 7. The molecule has 0 saturated carbocycles. The van der Waals surface area contributed by atoms with Gasteiger partial charge in [0.25, 0.3) is 0 Å². The van der Waals surface area contributed by atoms with Crippen LogP contribution in [0.25, 0.3) is 22.5 Å². The average molecular weight is 430 g/mol. The van der Waals surface area contributed by atoms with Gasteiger partial charge in [0, 0.05) is 17.9 Å². The molecule has 7 nitrogen and oxygen atoms in total. The quantitative estimate of drug-likeness (QED) is 0.391. The largest absolute Gasteiger partial charge is 0.245 e. The van der Waals surface area contributed by atoms with Crippen molar-refractivity contribution in [2.45, 2.75) is 59.4 Å². The molecule has 1 N–H and O–H groups in total. The molecule has 7 heteroatoms. The number of H-pyrrole nitrogens is 1. The maximum atomic E-state index is 4.88. The molecule has 166 valence electrons. The number of tetrazole rings is 1. The maximum Gasteiger partial charge on any atom is 0.205 e. The molecule has 0 bridgehead atoms. The van der Waals surface area contributed by atoms with E-state index < -0.39 is 0 Å². The van der Waals surface area contributed by atoms with Gasteiger partial charge in [0.15, 0.2) is 5.82 Å². The van der Waals surface area contributed by atoms with E-state index in [1.165, 1.54) is 5.56 Å². The van der Waals surface area contributed by atoms with E-state index in [0.717, 1.165) is 54.1 Å². The fourth-order valence-electron chi connectivity index (χ4n) is 3.68.